The van der Waals surface area contributed by atoms with Crippen molar-refractivity contribution in [3.8, 4) is 5.95 Å². The summed E-state index contributed by atoms with van der Waals surface area (Å²) in [7, 11) is 0. The average Bonchev–Trinajstić information content (AvgIpc) is 2.99. The van der Waals surface area contributed by atoms with E-state index in [-0.39, 0.29) is 18.0 Å². The molecular weight excluding hydrogens is 342 g/mol. The molecule has 0 atom stereocenters. The van der Waals surface area contributed by atoms with Gasteiger partial charge in [0, 0.05) is 23.5 Å². The Bertz CT molecular complexity index is 1030. The van der Waals surface area contributed by atoms with Crippen LogP contribution in [0.2, 0.25) is 0 Å². The van der Waals surface area contributed by atoms with Gasteiger partial charge in [0.1, 0.15) is 6.54 Å². The summed E-state index contributed by atoms with van der Waals surface area (Å²) in [5.41, 5.74) is 3.58. The zero-order valence-corrected chi connectivity index (χ0v) is 16.0. The van der Waals surface area contributed by atoms with Crippen LogP contribution >= 0.6 is 0 Å². The molecule has 2 heterocycles. The van der Waals surface area contributed by atoms with E-state index >= 15 is 0 Å². The second kappa shape index (κ2) is 7.57. The molecule has 7 nitrogen and oxygen atoms in total. The molecule has 0 aliphatic rings. The smallest absolute Gasteiger partial charge is 0.258 e. The fraction of sp³-hybridized carbons (Fsp3) is 0.300. The maximum atomic E-state index is 12.8. The zero-order chi connectivity index (χ0) is 19.6. The molecule has 0 spiro atoms. The van der Waals surface area contributed by atoms with Gasteiger partial charge in [-0.3, -0.25) is 14.2 Å². The van der Waals surface area contributed by atoms with Crippen molar-refractivity contribution < 1.29 is 4.79 Å². The zero-order valence-electron chi connectivity index (χ0n) is 16.0. The van der Waals surface area contributed by atoms with E-state index in [1.807, 2.05) is 50.2 Å². The van der Waals surface area contributed by atoms with Gasteiger partial charge in [-0.15, -0.1) is 0 Å². The Labute approximate surface area is 157 Å². The molecule has 140 valence electrons. The molecule has 0 aliphatic carbocycles. The third-order valence-electron chi connectivity index (χ3n) is 4.45. The van der Waals surface area contributed by atoms with Gasteiger partial charge in [-0.25, -0.2) is 9.67 Å². The molecule has 2 aromatic heterocycles. The Morgan fingerprint density at radius 3 is 2.44 bits per heavy atom. The standard InChI is InChI=1S/C20H23N5O2/c1-13-10-14(2)25(23-13)20-22-16(4)15(3)19(27)24(20)12-18(26)21-11-17-8-6-5-7-9-17/h5-10H,11-12H2,1-4H3,(H,21,26). The Kier molecular flexibility index (Phi) is 5.21. The first kappa shape index (κ1) is 18.6. The highest BCUT2D eigenvalue weighted by Crippen LogP contribution is 2.11. The molecule has 0 bridgehead atoms. The van der Waals surface area contributed by atoms with Gasteiger partial charge >= 0.3 is 0 Å². The SMILES string of the molecule is Cc1cc(C)n(-c2nc(C)c(C)c(=O)n2CC(=O)NCc2ccccc2)n1. The highest BCUT2D eigenvalue weighted by molar-refractivity contribution is 5.76. The van der Waals surface area contributed by atoms with Crippen LogP contribution in [0.25, 0.3) is 5.95 Å². The Balaban J connectivity index is 1.92. The van der Waals surface area contributed by atoms with Crippen molar-refractivity contribution in [2.45, 2.75) is 40.8 Å². The summed E-state index contributed by atoms with van der Waals surface area (Å²) in [4.78, 5) is 29.8. The van der Waals surface area contributed by atoms with E-state index in [2.05, 4.69) is 15.4 Å². The number of aromatic nitrogens is 4. The van der Waals surface area contributed by atoms with Gasteiger partial charge in [0.25, 0.3) is 5.56 Å². The van der Waals surface area contributed by atoms with Crippen LogP contribution in [0.3, 0.4) is 0 Å². The van der Waals surface area contributed by atoms with Crippen LogP contribution in [-0.4, -0.2) is 25.2 Å². The third kappa shape index (κ3) is 3.97. The lowest BCUT2D eigenvalue weighted by Crippen LogP contribution is -2.36. The number of carbonyl (C=O) groups excluding carboxylic acids is 1. The Hall–Kier alpha value is -3.22. The molecule has 0 saturated heterocycles. The van der Waals surface area contributed by atoms with Gasteiger partial charge < -0.3 is 5.32 Å². The van der Waals surface area contributed by atoms with Gasteiger partial charge in [0.05, 0.1) is 5.69 Å². The average molecular weight is 365 g/mol. The number of rotatable bonds is 5. The van der Waals surface area contributed by atoms with Gasteiger partial charge in [-0.2, -0.15) is 5.10 Å². The molecule has 27 heavy (non-hydrogen) atoms. The van der Waals surface area contributed by atoms with Crippen molar-refractivity contribution in [3.05, 3.63) is 75.0 Å². The van der Waals surface area contributed by atoms with E-state index in [1.54, 1.807) is 18.5 Å². The summed E-state index contributed by atoms with van der Waals surface area (Å²) in [6, 6.07) is 11.5. The quantitative estimate of drug-likeness (QED) is 0.750. The van der Waals surface area contributed by atoms with Gasteiger partial charge in [-0.05, 0) is 39.3 Å². The topological polar surface area (TPSA) is 81.8 Å². The van der Waals surface area contributed by atoms with Crippen LogP contribution in [0, 0.1) is 27.7 Å². The van der Waals surface area contributed by atoms with Crippen molar-refractivity contribution in [2.24, 2.45) is 0 Å². The second-order valence-corrected chi connectivity index (χ2v) is 6.61. The number of carbonyl (C=O) groups is 1. The van der Waals surface area contributed by atoms with Crippen molar-refractivity contribution in [1.29, 1.82) is 0 Å². The second-order valence-electron chi connectivity index (χ2n) is 6.61. The lowest BCUT2D eigenvalue weighted by Gasteiger charge is -2.15. The number of amides is 1. The summed E-state index contributed by atoms with van der Waals surface area (Å²) >= 11 is 0. The highest BCUT2D eigenvalue weighted by atomic mass is 16.2. The number of nitrogens with one attached hydrogen (secondary N) is 1. The maximum absolute atomic E-state index is 12.8. The molecule has 0 unspecified atom stereocenters. The fourth-order valence-corrected chi connectivity index (χ4v) is 2.87. The molecule has 3 rings (SSSR count). The van der Waals surface area contributed by atoms with Crippen molar-refractivity contribution in [2.75, 3.05) is 0 Å². The summed E-state index contributed by atoms with van der Waals surface area (Å²) in [6.07, 6.45) is 0. The Morgan fingerprint density at radius 2 is 1.81 bits per heavy atom. The van der Waals surface area contributed by atoms with E-state index in [0.717, 1.165) is 17.0 Å². The first-order valence-corrected chi connectivity index (χ1v) is 8.79. The van der Waals surface area contributed by atoms with E-state index in [1.165, 1.54) is 4.57 Å². The summed E-state index contributed by atoms with van der Waals surface area (Å²) in [5.74, 6) is 0.0948. The van der Waals surface area contributed by atoms with E-state index in [4.69, 9.17) is 0 Å². The molecule has 3 aromatic rings. The fourth-order valence-electron chi connectivity index (χ4n) is 2.87. The number of benzene rings is 1. The van der Waals surface area contributed by atoms with Crippen LogP contribution in [0.5, 0.6) is 0 Å². The van der Waals surface area contributed by atoms with Gasteiger partial charge in [-0.1, -0.05) is 30.3 Å². The third-order valence-corrected chi connectivity index (χ3v) is 4.45. The number of aryl methyl sites for hydroxylation is 3. The van der Waals surface area contributed by atoms with Crippen molar-refractivity contribution in [1.82, 2.24) is 24.6 Å². The molecule has 0 aliphatic heterocycles. The number of nitrogens with zero attached hydrogens (tertiary/aromatic N) is 4. The predicted molar refractivity (Wildman–Crippen MR) is 103 cm³/mol. The van der Waals surface area contributed by atoms with Crippen LogP contribution < -0.4 is 10.9 Å². The lowest BCUT2D eigenvalue weighted by molar-refractivity contribution is -0.121. The molecule has 1 aromatic carbocycles. The molecule has 7 heteroatoms. The molecule has 0 saturated carbocycles. The molecule has 1 N–H and O–H groups in total. The van der Waals surface area contributed by atoms with Crippen LogP contribution in [0.1, 0.15) is 28.2 Å². The van der Waals surface area contributed by atoms with E-state index in [9.17, 15) is 9.59 Å². The minimum absolute atomic E-state index is 0.118. The molecular formula is C20H23N5O2. The predicted octanol–water partition coefficient (Wildman–Crippen LogP) is 1.98. The van der Waals surface area contributed by atoms with Crippen LogP contribution in [-0.2, 0) is 17.9 Å². The normalized spacial score (nSPS) is 10.8. The monoisotopic (exact) mass is 365 g/mol. The minimum Gasteiger partial charge on any atom is -0.350 e. The first-order chi connectivity index (χ1) is 12.9. The van der Waals surface area contributed by atoms with Gasteiger partial charge in [0.2, 0.25) is 11.9 Å². The van der Waals surface area contributed by atoms with Crippen molar-refractivity contribution >= 4 is 5.91 Å². The largest absolute Gasteiger partial charge is 0.350 e. The van der Waals surface area contributed by atoms with Gasteiger partial charge in [0.15, 0.2) is 0 Å². The summed E-state index contributed by atoms with van der Waals surface area (Å²) in [5, 5.41) is 7.27. The van der Waals surface area contributed by atoms with E-state index < -0.39 is 0 Å². The summed E-state index contributed by atoms with van der Waals surface area (Å²) < 4.78 is 2.98. The first-order valence-electron chi connectivity index (χ1n) is 8.79. The van der Waals surface area contributed by atoms with Crippen LogP contribution in [0.15, 0.2) is 41.2 Å². The minimum atomic E-state index is -0.256. The van der Waals surface area contributed by atoms with E-state index in [0.29, 0.717) is 23.8 Å². The number of hydrogen-bond donors (Lipinski definition) is 1. The van der Waals surface area contributed by atoms with Crippen molar-refractivity contribution in [3.63, 3.8) is 0 Å². The molecule has 0 radical (unpaired) electrons. The molecule has 0 fully saturated rings. The highest BCUT2D eigenvalue weighted by Gasteiger charge is 2.17. The number of hydrogen-bond acceptors (Lipinski definition) is 4. The summed E-state index contributed by atoms with van der Waals surface area (Å²) in [6.45, 7) is 7.55. The maximum Gasteiger partial charge on any atom is 0.258 e. The Morgan fingerprint density at radius 1 is 1.11 bits per heavy atom. The molecule has 1 amide bonds. The van der Waals surface area contributed by atoms with Crippen LogP contribution in [0.4, 0.5) is 0 Å². The lowest BCUT2D eigenvalue weighted by atomic mass is 10.2.